The van der Waals surface area contributed by atoms with Gasteiger partial charge in [0.2, 0.25) is 10.0 Å². The molecule has 0 bridgehead atoms. The molecule has 1 aliphatic heterocycles. The maximum atomic E-state index is 12.6. The summed E-state index contributed by atoms with van der Waals surface area (Å²) in [6.07, 6.45) is 7.72. The van der Waals surface area contributed by atoms with E-state index in [2.05, 4.69) is 17.2 Å². The number of rotatable bonds is 6. The number of pyridine rings is 1. The van der Waals surface area contributed by atoms with Crippen LogP contribution in [0.15, 0.2) is 29.4 Å². The highest BCUT2D eigenvalue weighted by Gasteiger charge is 2.33. The monoisotopic (exact) mass is 423 g/mol. The van der Waals surface area contributed by atoms with Crippen molar-refractivity contribution >= 4 is 21.9 Å². The number of nitrogens with zero attached hydrogens (tertiary/aromatic N) is 2. The van der Waals surface area contributed by atoms with Crippen molar-refractivity contribution in [1.82, 2.24) is 14.6 Å². The number of hydrogen-bond donors (Lipinski definition) is 1. The first-order valence-corrected chi connectivity index (χ1v) is 11.7. The van der Waals surface area contributed by atoms with E-state index >= 15 is 0 Å². The Bertz CT molecular complexity index is 799. The van der Waals surface area contributed by atoms with Crippen LogP contribution in [0.2, 0.25) is 0 Å². The van der Waals surface area contributed by atoms with Crippen molar-refractivity contribution in [3.05, 3.63) is 24.5 Å². The minimum absolute atomic E-state index is 0.148. The molecule has 1 aromatic heterocycles. The Balaban J connectivity index is 1.41. The van der Waals surface area contributed by atoms with Gasteiger partial charge in [-0.1, -0.05) is 6.92 Å². The highest BCUT2D eigenvalue weighted by molar-refractivity contribution is 7.89. The van der Waals surface area contributed by atoms with Crippen molar-refractivity contribution in [3.8, 4) is 0 Å². The molecule has 1 aliphatic carbocycles. The second-order valence-corrected chi connectivity index (χ2v) is 9.94. The number of carbonyl (C=O) groups is 2. The van der Waals surface area contributed by atoms with Crippen LogP contribution >= 0.6 is 0 Å². The van der Waals surface area contributed by atoms with Gasteiger partial charge in [0.1, 0.15) is 4.90 Å². The highest BCUT2D eigenvalue weighted by Crippen LogP contribution is 2.25. The van der Waals surface area contributed by atoms with Crippen LogP contribution in [-0.2, 0) is 24.3 Å². The van der Waals surface area contributed by atoms with Crippen LogP contribution in [0, 0.1) is 11.8 Å². The molecule has 1 saturated carbocycles. The molecule has 0 atom stereocenters. The van der Waals surface area contributed by atoms with E-state index in [9.17, 15) is 18.0 Å². The topological polar surface area (TPSA) is 106 Å². The van der Waals surface area contributed by atoms with Gasteiger partial charge < -0.3 is 10.1 Å². The number of carbonyl (C=O) groups excluding carboxylic acids is 2. The van der Waals surface area contributed by atoms with Gasteiger partial charge in [-0.25, -0.2) is 8.42 Å². The molecule has 1 aromatic rings. The van der Waals surface area contributed by atoms with Crippen LogP contribution in [-0.4, -0.2) is 55.3 Å². The summed E-state index contributed by atoms with van der Waals surface area (Å²) in [6, 6.07) is 3.25. The zero-order valence-electron chi connectivity index (χ0n) is 16.7. The van der Waals surface area contributed by atoms with Gasteiger partial charge >= 0.3 is 5.97 Å². The average Bonchev–Trinajstić information content (AvgIpc) is 2.74. The van der Waals surface area contributed by atoms with Crippen LogP contribution in [0.25, 0.3) is 0 Å². The van der Waals surface area contributed by atoms with E-state index in [0.29, 0.717) is 18.8 Å². The number of nitrogens with one attached hydrogen (secondary N) is 1. The third kappa shape index (κ3) is 5.76. The van der Waals surface area contributed by atoms with E-state index < -0.39 is 21.9 Å². The Labute approximate surface area is 172 Å². The Morgan fingerprint density at radius 2 is 1.86 bits per heavy atom. The van der Waals surface area contributed by atoms with Gasteiger partial charge in [0.25, 0.3) is 5.91 Å². The van der Waals surface area contributed by atoms with E-state index in [1.165, 1.54) is 22.8 Å². The number of ether oxygens (including phenoxy) is 1. The fraction of sp³-hybridized carbons (Fsp3) is 0.650. The van der Waals surface area contributed by atoms with Crippen molar-refractivity contribution in [2.24, 2.45) is 11.8 Å². The molecule has 2 fully saturated rings. The van der Waals surface area contributed by atoms with Gasteiger partial charge in [-0.2, -0.15) is 4.31 Å². The van der Waals surface area contributed by atoms with Crippen molar-refractivity contribution < 1.29 is 22.7 Å². The smallest absolute Gasteiger partial charge is 0.309 e. The van der Waals surface area contributed by atoms with Gasteiger partial charge in [-0.3, -0.25) is 14.6 Å². The van der Waals surface area contributed by atoms with Crippen LogP contribution in [0.3, 0.4) is 0 Å². The normalized spacial score (nSPS) is 24.0. The number of esters is 1. The molecule has 2 aliphatic rings. The first kappa shape index (κ1) is 21.7. The van der Waals surface area contributed by atoms with Crippen LogP contribution in [0.1, 0.15) is 45.4 Å². The first-order valence-electron chi connectivity index (χ1n) is 10.2. The molecule has 3 rings (SSSR count). The Morgan fingerprint density at radius 1 is 1.17 bits per heavy atom. The van der Waals surface area contributed by atoms with E-state index in [1.54, 1.807) is 6.07 Å². The lowest BCUT2D eigenvalue weighted by Gasteiger charge is -2.30. The van der Waals surface area contributed by atoms with Crippen molar-refractivity contribution in [2.75, 3.05) is 19.7 Å². The summed E-state index contributed by atoms with van der Waals surface area (Å²) in [5.74, 6) is -0.391. The van der Waals surface area contributed by atoms with Gasteiger partial charge in [-0.05, 0) is 56.6 Å². The minimum atomic E-state index is -3.60. The second kappa shape index (κ2) is 9.67. The van der Waals surface area contributed by atoms with Gasteiger partial charge in [0.05, 0.1) is 5.92 Å². The Morgan fingerprint density at radius 3 is 2.48 bits per heavy atom. The van der Waals surface area contributed by atoms with Crippen LogP contribution in [0.5, 0.6) is 0 Å². The molecule has 1 saturated heterocycles. The van der Waals surface area contributed by atoms with Crippen molar-refractivity contribution in [2.45, 2.75) is 56.4 Å². The number of piperidine rings is 1. The summed E-state index contributed by atoms with van der Waals surface area (Å²) in [4.78, 5) is 28.3. The zero-order valence-corrected chi connectivity index (χ0v) is 17.6. The summed E-state index contributed by atoms with van der Waals surface area (Å²) in [5.41, 5.74) is 0. The number of hydrogen-bond acceptors (Lipinski definition) is 6. The van der Waals surface area contributed by atoms with E-state index in [-0.39, 0.29) is 36.5 Å². The molecule has 160 valence electrons. The highest BCUT2D eigenvalue weighted by atomic mass is 32.2. The standard InChI is InChI=1S/C20H29N3O5S/c1-15-4-6-17(7-5-15)22-19(24)14-28-20(25)16-8-11-23(12-9-16)29(26,27)18-3-2-10-21-13-18/h2-3,10,13,15-17H,4-9,11-12,14H2,1H3,(H,22,24). The van der Waals surface area contributed by atoms with Crippen LogP contribution in [0.4, 0.5) is 0 Å². The van der Waals surface area contributed by atoms with Crippen LogP contribution < -0.4 is 5.32 Å². The van der Waals surface area contributed by atoms with E-state index in [4.69, 9.17) is 4.74 Å². The molecule has 29 heavy (non-hydrogen) atoms. The van der Waals surface area contributed by atoms with E-state index in [1.807, 2.05) is 0 Å². The SMILES string of the molecule is CC1CCC(NC(=O)COC(=O)C2CCN(S(=O)(=O)c3cccnc3)CC2)CC1. The van der Waals surface area contributed by atoms with Gasteiger partial charge in [-0.15, -0.1) is 0 Å². The average molecular weight is 424 g/mol. The van der Waals surface area contributed by atoms with Gasteiger partial charge in [0, 0.05) is 31.5 Å². The summed E-state index contributed by atoms with van der Waals surface area (Å²) in [5, 5.41) is 2.93. The number of amides is 1. The lowest BCUT2D eigenvalue weighted by atomic mass is 9.87. The lowest BCUT2D eigenvalue weighted by molar-refractivity contribution is -0.153. The molecule has 2 heterocycles. The maximum absolute atomic E-state index is 12.6. The lowest BCUT2D eigenvalue weighted by Crippen LogP contribution is -2.42. The summed E-state index contributed by atoms with van der Waals surface area (Å²) < 4.78 is 31.8. The molecular formula is C20H29N3O5S. The summed E-state index contributed by atoms with van der Waals surface area (Å²) >= 11 is 0. The minimum Gasteiger partial charge on any atom is -0.455 e. The summed E-state index contributed by atoms with van der Waals surface area (Å²) in [7, 11) is -3.60. The Hall–Kier alpha value is -2.00. The molecule has 0 unspecified atom stereocenters. The predicted molar refractivity (Wildman–Crippen MR) is 106 cm³/mol. The van der Waals surface area contributed by atoms with E-state index in [0.717, 1.165) is 25.7 Å². The zero-order chi connectivity index (χ0) is 20.9. The largest absolute Gasteiger partial charge is 0.455 e. The molecule has 0 aromatic carbocycles. The van der Waals surface area contributed by atoms with Gasteiger partial charge in [0.15, 0.2) is 6.61 Å². The summed E-state index contributed by atoms with van der Waals surface area (Å²) in [6.45, 7) is 2.42. The van der Waals surface area contributed by atoms with Crippen molar-refractivity contribution in [3.63, 3.8) is 0 Å². The maximum Gasteiger partial charge on any atom is 0.309 e. The first-order chi connectivity index (χ1) is 13.9. The molecule has 1 N–H and O–H groups in total. The molecule has 0 radical (unpaired) electrons. The third-order valence-electron chi connectivity index (χ3n) is 5.79. The number of aromatic nitrogens is 1. The Kier molecular flexibility index (Phi) is 7.23. The van der Waals surface area contributed by atoms with Crippen molar-refractivity contribution in [1.29, 1.82) is 0 Å². The number of sulfonamides is 1. The predicted octanol–water partition coefficient (Wildman–Crippen LogP) is 1.72. The fourth-order valence-electron chi connectivity index (χ4n) is 3.91. The molecule has 9 heteroatoms. The quantitative estimate of drug-likeness (QED) is 0.699. The molecular weight excluding hydrogens is 394 g/mol. The fourth-order valence-corrected chi connectivity index (χ4v) is 5.34. The molecule has 1 amide bonds. The third-order valence-corrected chi connectivity index (χ3v) is 7.67. The molecule has 8 nitrogen and oxygen atoms in total. The molecule has 0 spiro atoms. The second-order valence-electron chi connectivity index (χ2n) is 8.00.